The van der Waals surface area contributed by atoms with Crippen LogP contribution in [0, 0.1) is 0 Å². The van der Waals surface area contributed by atoms with Crippen LogP contribution >= 0.6 is 0 Å². The van der Waals surface area contributed by atoms with Crippen LogP contribution in [-0.4, -0.2) is 101 Å². The van der Waals surface area contributed by atoms with E-state index in [-0.39, 0.29) is 52.8 Å². The van der Waals surface area contributed by atoms with Crippen molar-refractivity contribution in [2.24, 2.45) is 0 Å². The summed E-state index contributed by atoms with van der Waals surface area (Å²) in [6.07, 6.45) is -15.2. The van der Waals surface area contributed by atoms with Crippen LogP contribution < -0.4 is 51.4 Å². The maximum Gasteiger partial charge on any atom is 1.00 e. The summed E-state index contributed by atoms with van der Waals surface area (Å²) in [6.45, 7) is 0. The maximum atomic E-state index is 13.0. The molecular weight excluding hydrogens is 851 g/mol. The van der Waals surface area contributed by atoms with Crippen LogP contribution in [0.2, 0.25) is 0 Å². The van der Waals surface area contributed by atoms with Gasteiger partial charge in [-0.25, -0.2) is 4.79 Å². The predicted molar refractivity (Wildman–Crippen MR) is 86.8 cm³/mol. The summed E-state index contributed by atoms with van der Waals surface area (Å²) in [5.41, 5.74) is 0. The van der Waals surface area contributed by atoms with Crippen molar-refractivity contribution >= 4 is 16.1 Å². The number of carboxylic acid groups (broad SMARTS) is 1. The first-order chi connectivity index (χ1) is 19.9. The topological polar surface area (TPSA) is 91.7 Å². The Hall–Kier alpha value is -0.944. The molecule has 0 spiro atoms. The molecule has 0 fully saturated rings. The average molecular weight is 854 g/mol. The minimum Gasteiger partial charge on any atom is -1.00 e. The maximum absolute atomic E-state index is 13.0. The Kier molecular flexibility index (Phi) is 14.4. The minimum absolute atomic E-state index is 0. The van der Waals surface area contributed by atoms with Gasteiger partial charge in [-0.1, -0.05) is 0 Å². The Balaban J connectivity index is -0.000000440. The molecule has 0 aliphatic rings. The van der Waals surface area contributed by atoms with Crippen molar-refractivity contribution < 1.29 is 199 Å². The second kappa shape index (κ2) is 13.5. The van der Waals surface area contributed by atoms with Crippen LogP contribution in [0.1, 0.15) is 1.43 Å². The van der Waals surface area contributed by atoms with Gasteiger partial charge in [-0.3, -0.25) is 4.55 Å². The molecule has 0 atom stereocenters. The molecule has 49 heavy (non-hydrogen) atoms. The Morgan fingerprint density at radius 3 is 0.755 bits per heavy atom. The van der Waals surface area contributed by atoms with E-state index in [1.54, 1.807) is 0 Å². The number of hydrogen-bond donors (Lipinski definition) is 2. The zero-order chi connectivity index (χ0) is 40.6. The van der Waals surface area contributed by atoms with E-state index >= 15 is 0 Å². The number of alkyl halides is 28. The first-order valence-electron chi connectivity index (χ1n) is 9.44. The van der Waals surface area contributed by atoms with Crippen molar-refractivity contribution in [1.82, 2.24) is 0 Å². The molecule has 0 aromatic heterocycles. The number of rotatable bonds is 11. The molecule has 0 saturated carbocycles. The molecule has 0 aliphatic carbocycles. The molecule has 5 nitrogen and oxygen atoms in total. The summed E-state index contributed by atoms with van der Waals surface area (Å²) >= 11 is 0. The second-order valence-electron chi connectivity index (χ2n) is 8.04. The molecule has 35 heteroatoms. The summed E-state index contributed by atoms with van der Waals surface area (Å²) in [5.74, 6) is -85.5. The van der Waals surface area contributed by atoms with Crippen molar-refractivity contribution in [2.45, 2.75) is 76.8 Å². The molecule has 0 radical (unpaired) electrons. The first kappa shape index (κ1) is 52.4. The molecule has 0 heterocycles. The molecule has 0 bridgehead atoms. The minimum atomic E-state index is -8.89. The van der Waals surface area contributed by atoms with E-state index in [0.717, 1.165) is 0 Å². The van der Waals surface area contributed by atoms with E-state index in [1.165, 1.54) is 0 Å². The van der Waals surface area contributed by atoms with E-state index in [0.29, 0.717) is 0 Å². The fraction of sp³-hybridized carbons (Fsp3) is 0.929. The van der Waals surface area contributed by atoms with E-state index in [4.69, 9.17) is 9.66 Å². The van der Waals surface area contributed by atoms with Gasteiger partial charge in [0.05, 0.1) is 0 Å². The summed E-state index contributed by atoms with van der Waals surface area (Å²) < 4.78 is 375. The van der Waals surface area contributed by atoms with E-state index in [2.05, 4.69) is 0 Å². The van der Waals surface area contributed by atoms with Gasteiger partial charge in [0.15, 0.2) is 0 Å². The Morgan fingerprint density at radius 2 is 0.571 bits per heavy atom. The molecular formula is C14H3F28KO5S. The molecule has 0 aliphatic heterocycles. The van der Waals surface area contributed by atoms with Crippen LogP contribution in [0.25, 0.3) is 0 Å². The largest absolute Gasteiger partial charge is 1.00 e. The molecule has 0 aromatic carbocycles. The second-order valence-corrected chi connectivity index (χ2v) is 9.50. The van der Waals surface area contributed by atoms with E-state index in [9.17, 15) is 136 Å². The van der Waals surface area contributed by atoms with Crippen molar-refractivity contribution in [3.05, 3.63) is 0 Å². The molecule has 0 rings (SSSR count). The SMILES string of the molecule is O=C(O)C(F)(F)C(F)(F)C(F)(F)C(F)(F)C(F)(F)F.O=S(=O)(O)C(F)(F)C(F)(F)C(F)(F)C(F)(F)C(F)(F)C(F)(F)C(F)(F)C(F)(F)F.[H-].[K+]. The van der Waals surface area contributed by atoms with Crippen LogP contribution in [-0.2, 0) is 14.9 Å². The predicted octanol–water partition coefficient (Wildman–Crippen LogP) is 5.13. The van der Waals surface area contributed by atoms with E-state index < -0.39 is 92.9 Å². The molecule has 0 unspecified atom stereocenters. The monoisotopic (exact) mass is 854 g/mol. The Morgan fingerprint density at radius 1 is 0.388 bits per heavy atom. The van der Waals surface area contributed by atoms with Gasteiger partial charge in [0.1, 0.15) is 0 Å². The number of carboxylic acids is 1. The van der Waals surface area contributed by atoms with Crippen molar-refractivity contribution in [3.8, 4) is 0 Å². The van der Waals surface area contributed by atoms with Gasteiger partial charge in [0.25, 0.3) is 0 Å². The van der Waals surface area contributed by atoms with Gasteiger partial charge in [-0.15, -0.1) is 0 Å². The Labute approximate surface area is 290 Å². The van der Waals surface area contributed by atoms with Crippen LogP contribution in [0.4, 0.5) is 123 Å². The molecule has 0 amide bonds. The fourth-order valence-electron chi connectivity index (χ4n) is 2.02. The number of aliphatic carboxylic acids is 1. The van der Waals surface area contributed by atoms with Gasteiger partial charge in [0.2, 0.25) is 0 Å². The van der Waals surface area contributed by atoms with E-state index in [1.807, 2.05) is 0 Å². The molecule has 292 valence electrons. The Bertz CT molecular complexity index is 1300. The normalized spacial score (nSPS) is 16.0. The summed E-state index contributed by atoms with van der Waals surface area (Å²) in [6, 6.07) is 0. The molecule has 0 aromatic rings. The summed E-state index contributed by atoms with van der Waals surface area (Å²) in [7, 11) is -7.89. The molecule has 2 N–H and O–H groups in total. The van der Waals surface area contributed by atoms with Crippen molar-refractivity contribution in [1.29, 1.82) is 0 Å². The van der Waals surface area contributed by atoms with Gasteiger partial charge in [0, 0.05) is 0 Å². The van der Waals surface area contributed by atoms with Gasteiger partial charge >= 0.3 is 144 Å². The smallest absolute Gasteiger partial charge is 1.00 e. The average Bonchev–Trinajstić information content (AvgIpc) is 2.80. The quantitative estimate of drug-likeness (QED) is 0.171. The van der Waals surface area contributed by atoms with Crippen LogP contribution in [0.5, 0.6) is 0 Å². The first-order valence-corrected chi connectivity index (χ1v) is 10.9. The van der Waals surface area contributed by atoms with Gasteiger partial charge in [-0.2, -0.15) is 131 Å². The fourth-order valence-corrected chi connectivity index (χ4v) is 2.47. The zero-order valence-electron chi connectivity index (χ0n) is 22.1. The zero-order valence-corrected chi connectivity index (χ0v) is 25.1. The number of carbonyl (C=O) groups is 1. The van der Waals surface area contributed by atoms with Crippen molar-refractivity contribution in [2.75, 3.05) is 0 Å². The third-order valence-corrected chi connectivity index (χ3v) is 5.73. The van der Waals surface area contributed by atoms with Gasteiger partial charge < -0.3 is 6.53 Å². The number of hydrogen-bond acceptors (Lipinski definition) is 3. The van der Waals surface area contributed by atoms with Crippen molar-refractivity contribution in [3.63, 3.8) is 0 Å². The standard InChI is InChI=1S/C8HF17O3S.C6HF11O2.K.H/c9-1(10,3(13,14)5(17,18)7(21,22)23)2(11,12)4(15,16)6(19,20)8(24,25)29(26,27)28;7-2(8,1(18)19)3(9,10)4(11,12)5(13,14)6(15,16)17;;/h(H,26,27,28);(H,18,19);;/q;;+1;-1. The van der Waals surface area contributed by atoms with Gasteiger partial charge in [-0.05, 0) is 0 Å². The van der Waals surface area contributed by atoms with Crippen LogP contribution in [0.3, 0.4) is 0 Å². The summed E-state index contributed by atoms with van der Waals surface area (Å²) in [4.78, 5) is 9.60. The third-order valence-electron chi connectivity index (χ3n) is 4.82. The molecule has 0 saturated heterocycles. The van der Waals surface area contributed by atoms with Crippen LogP contribution in [0.15, 0.2) is 0 Å². The summed E-state index contributed by atoms with van der Waals surface area (Å²) in [5, 5.41) is -0.323. The third kappa shape index (κ3) is 7.47. The number of halogens is 28.